The molecule has 1 saturated carbocycles. The van der Waals surface area contributed by atoms with Gasteiger partial charge in [0.05, 0.1) is 12.2 Å². The van der Waals surface area contributed by atoms with Crippen LogP contribution in [-0.4, -0.2) is 44.1 Å². The minimum Gasteiger partial charge on any atom is -0.494 e. The lowest BCUT2D eigenvalue weighted by Crippen LogP contribution is -2.40. The van der Waals surface area contributed by atoms with Crippen LogP contribution in [0, 0.1) is 5.41 Å². The predicted octanol–water partition coefficient (Wildman–Crippen LogP) is 4.40. The first-order valence-corrected chi connectivity index (χ1v) is 10.3. The molecule has 1 heterocycles. The number of anilines is 1. The molecule has 26 heavy (non-hydrogen) atoms. The zero-order chi connectivity index (χ0) is 18.5. The summed E-state index contributed by atoms with van der Waals surface area (Å²) in [6, 6.07) is 8.52. The van der Waals surface area contributed by atoms with E-state index in [1.807, 2.05) is 0 Å². The molecule has 1 aromatic carbocycles. The highest BCUT2D eigenvalue weighted by Gasteiger charge is 2.44. The van der Waals surface area contributed by atoms with Gasteiger partial charge in [-0.1, -0.05) is 13.3 Å². The van der Waals surface area contributed by atoms with Crippen molar-refractivity contribution < 1.29 is 14.6 Å². The Morgan fingerprint density at radius 1 is 1.04 bits per heavy atom. The summed E-state index contributed by atoms with van der Waals surface area (Å²) in [5, 5.41) is 10.7. The summed E-state index contributed by atoms with van der Waals surface area (Å²) in [5.41, 5.74) is 1.31. The van der Waals surface area contributed by atoms with Crippen molar-refractivity contribution in [1.82, 2.24) is 0 Å². The van der Waals surface area contributed by atoms with Gasteiger partial charge in [-0.3, -0.25) is 0 Å². The van der Waals surface area contributed by atoms with Crippen LogP contribution in [0.4, 0.5) is 5.69 Å². The minimum atomic E-state index is -0.394. The number of rotatable bonds is 8. The van der Waals surface area contributed by atoms with Crippen LogP contribution < -0.4 is 9.64 Å². The van der Waals surface area contributed by atoms with E-state index >= 15 is 0 Å². The van der Waals surface area contributed by atoms with Gasteiger partial charge in [-0.05, 0) is 68.2 Å². The number of nitrogens with zero attached hydrogens (tertiary/aromatic N) is 1. The summed E-state index contributed by atoms with van der Waals surface area (Å²) in [5.74, 6) is 0.932. The largest absolute Gasteiger partial charge is 0.494 e. The first kappa shape index (κ1) is 19.5. The lowest BCUT2D eigenvalue weighted by molar-refractivity contribution is -0.0357. The Kier molecular flexibility index (Phi) is 6.46. The summed E-state index contributed by atoms with van der Waals surface area (Å²) >= 11 is 0. The molecule has 1 N–H and O–H groups in total. The number of ether oxygens (including phenoxy) is 2. The Labute approximate surface area is 158 Å². The quantitative estimate of drug-likeness (QED) is 0.697. The number of hydrogen-bond donors (Lipinski definition) is 1. The third kappa shape index (κ3) is 4.72. The second-order valence-corrected chi connectivity index (χ2v) is 8.33. The maximum absolute atomic E-state index is 10.7. The highest BCUT2D eigenvalue weighted by Crippen LogP contribution is 2.48. The molecule has 1 aliphatic heterocycles. The van der Waals surface area contributed by atoms with Crippen molar-refractivity contribution in [3.8, 4) is 5.75 Å². The van der Waals surface area contributed by atoms with Crippen molar-refractivity contribution in [3.05, 3.63) is 24.3 Å². The van der Waals surface area contributed by atoms with Gasteiger partial charge in [0.2, 0.25) is 0 Å². The second kappa shape index (κ2) is 8.62. The molecule has 0 amide bonds. The van der Waals surface area contributed by atoms with Gasteiger partial charge in [0.1, 0.15) is 5.75 Å². The smallest absolute Gasteiger partial charge is 0.119 e. The topological polar surface area (TPSA) is 41.9 Å². The van der Waals surface area contributed by atoms with Crippen LogP contribution in [0.1, 0.15) is 58.3 Å². The fourth-order valence-corrected chi connectivity index (χ4v) is 4.67. The predicted molar refractivity (Wildman–Crippen MR) is 106 cm³/mol. The molecule has 2 aliphatic rings. The van der Waals surface area contributed by atoms with Gasteiger partial charge in [0.25, 0.3) is 0 Å². The van der Waals surface area contributed by atoms with Crippen molar-refractivity contribution in [1.29, 1.82) is 0 Å². The van der Waals surface area contributed by atoms with E-state index in [1.165, 1.54) is 24.9 Å². The van der Waals surface area contributed by atoms with Crippen LogP contribution in [0.3, 0.4) is 0 Å². The fraction of sp³-hybridized carbons (Fsp3) is 0.727. The normalized spacial score (nSPS) is 28.7. The zero-order valence-electron chi connectivity index (χ0n) is 16.5. The van der Waals surface area contributed by atoms with Gasteiger partial charge in [-0.2, -0.15) is 0 Å². The van der Waals surface area contributed by atoms with Crippen molar-refractivity contribution in [2.24, 2.45) is 5.41 Å². The monoisotopic (exact) mass is 361 g/mol. The highest BCUT2D eigenvalue weighted by atomic mass is 16.5. The maximum atomic E-state index is 10.7. The molecule has 0 bridgehead atoms. The van der Waals surface area contributed by atoms with Crippen molar-refractivity contribution >= 4 is 5.69 Å². The van der Waals surface area contributed by atoms with E-state index in [0.717, 1.165) is 57.6 Å². The molecule has 146 valence electrons. The number of benzene rings is 1. The Morgan fingerprint density at radius 2 is 1.77 bits per heavy atom. The molecule has 0 radical (unpaired) electrons. The average molecular weight is 362 g/mol. The summed E-state index contributed by atoms with van der Waals surface area (Å²) in [6.07, 6.45) is 8.49. The number of aliphatic hydroxyl groups is 1. The van der Waals surface area contributed by atoms with Gasteiger partial charge in [0.15, 0.2) is 0 Å². The zero-order valence-corrected chi connectivity index (χ0v) is 16.5. The Bertz CT molecular complexity index is 549. The summed E-state index contributed by atoms with van der Waals surface area (Å²) < 4.78 is 10.8. The molecular formula is C22H35NO3. The third-order valence-electron chi connectivity index (χ3n) is 6.36. The summed E-state index contributed by atoms with van der Waals surface area (Å²) in [4.78, 5) is 2.51. The average Bonchev–Trinajstić information content (AvgIpc) is 3.07. The minimum absolute atomic E-state index is 0.394. The fourth-order valence-electron chi connectivity index (χ4n) is 4.67. The van der Waals surface area contributed by atoms with Crippen LogP contribution in [0.2, 0.25) is 0 Å². The Hall–Kier alpha value is -1.26. The highest BCUT2D eigenvalue weighted by molar-refractivity contribution is 5.50. The van der Waals surface area contributed by atoms with Crippen LogP contribution in [0.5, 0.6) is 5.75 Å². The molecule has 4 nitrogen and oxygen atoms in total. The van der Waals surface area contributed by atoms with Crippen molar-refractivity contribution in [3.63, 3.8) is 0 Å². The van der Waals surface area contributed by atoms with Gasteiger partial charge in [-0.25, -0.2) is 0 Å². The van der Waals surface area contributed by atoms with E-state index in [1.54, 1.807) is 7.11 Å². The molecular weight excluding hydrogens is 326 g/mol. The Balaban J connectivity index is 1.51. The standard InChI is InChI=1S/C22H35NO3/c1-3-9-22(24)12-10-21(11-13-22)14-15-23(18-21)19-5-7-20(8-6-19)26-17-4-16-25-2/h5-8,24H,3-4,9-18H2,1-2H3. The number of hydrogen-bond acceptors (Lipinski definition) is 4. The van der Waals surface area contributed by atoms with E-state index in [0.29, 0.717) is 12.0 Å². The van der Waals surface area contributed by atoms with Gasteiger partial charge in [0, 0.05) is 38.9 Å². The van der Waals surface area contributed by atoms with E-state index in [4.69, 9.17) is 9.47 Å². The molecule has 1 aromatic rings. The van der Waals surface area contributed by atoms with E-state index in [2.05, 4.69) is 36.1 Å². The van der Waals surface area contributed by atoms with Crippen molar-refractivity contribution in [2.45, 2.75) is 63.9 Å². The van der Waals surface area contributed by atoms with Crippen LogP contribution in [0.25, 0.3) is 0 Å². The van der Waals surface area contributed by atoms with Crippen LogP contribution in [-0.2, 0) is 4.74 Å². The molecule has 0 atom stereocenters. The number of methoxy groups -OCH3 is 1. The SMILES string of the molecule is CCCC1(O)CCC2(CCN(c3ccc(OCCCOC)cc3)C2)CC1. The van der Waals surface area contributed by atoms with Gasteiger partial charge >= 0.3 is 0 Å². The summed E-state index contributed by atoms with van der Waals surface area (Å²) in [7, 11) is 1.72. The molecule has 0 aromatic heterocycles. The Morgan fingerprint density at radius 3 is 2.42 bits per heavy atom. The van der Waals surface area contributed by atoms with E-state index in [-0.39, 0.29) is 0 Å². The third-order valence-corrected chi connectivity index (χ3v) is 6.36. The first-order chi connectivity index (χ1) is 12.6. The molecule has 2 fully saturated rings. The van der Waals surface area contributed by atoms with E-state index in [9.17, 15) is 5.11 Å². The summed E-state index contributed by atoms with van der Waals surface area (Å²) in [6.45, 7) is 5.86. The maximum Gasteiger partial charge on any atom is 0.119 e. The van der Waals surface area contributed by atoms with Crippen LogP contribution >= 0.6 is 0 Å². The molecule has 0 unspecified atom stereocenters. The molecule has 3 rings (SSSR count). The van der Waals surface area contributed by atoms with E-state index < -0.39 is 5.60 Å². The lowest BCUT2D eigenvalue weighted by atomic mass is 9.67. The van der Waals surface area contributed by atoms with Crippen LogP contribution in [0.15, 0.2) is 24.3 Å². The molecule has 1 spiro atoms. The molecule has 4 heteroatoms. The second-order valence-electron chi connectivity index (χ2n) is 8.33. The van der Waals surface area contributed by atoms with Gasteiger partial charge in [-0.15, -0.1) is 0 Å². The molecule has 1 aliphatic carbocycles. The van der Waals surface area contributed by atoms with Crippen molar-refractivity contribution in [2.75, 3.05) is 38.3 Å². The first-order valence-electron chi connectivity index (χ1n) is 10.3. The molecule has 1 saturated heterocycles. The van der Waals surface area contributed by atoms with Gasteiger partial charge < -0.3 is 19.5 Å². The lowest BCUT2D eigenvalue weighted by Gasteiger charge is -2.42.